The number of pyridine rings is 1. The number of aromatic nitrogens is 3. The van der Waals surface area contributed by atoms with E-state index in [9.17, 15) is 18.0 Å². The molecule has 0 fully saturated rings. The number of H-pyrrole nitrogens is 1. The molecular weight excluding hydrogens is 395 g/mol. The first-order chi connectivity index (χ1) is 13.3. The molecule has 3 aromatic heterocycles. The molecule has 28 heavy (non-hydrogen) atoms. The molecular formula is C17H16F3N5O2S. The van der Waals surface area contributed by atoms with E-state index >= 15 is 0 Å². The number of amides is 1. The minimum absolute atomic E-state index is 0.106. The topological polar surface area (TPSA) is 117 Å². The van der Waals surface area contributed by atoms with Gasteiger partial charge in [0, 0.05) is 18.1 Å². The fourth-order valence-electron chi connectivity index (χ4n) is 2.45. The van der Waals surface area contributed by atoms with Gasteiger partial charge in [0.2, 0.25) is 0 Å². The van der Waals surface area contributed by atoms with Crippen molar-refractivity contribution in [1.29, 1.82) is 0 Å². The molecule has 0 aliphatic carbocycles. The second-order valence-corrected chi connectivity index (χ2v) is 6.74. The van der Waals surface area contributed by atoms with E-state index in [-0.39, 0.29) is 24.5 Å². The maximum atomic E-state index is 12.6. The molecule has 0 saturated heterocycles. The minimum atomic E-state index is -4.46. The van der Waals surface area contributed by atoms with Crippen LogP contribution in [0.4, 0.5) is 13.2 Å². The summed E-state index contributed by atoms with van der Waals surface area (Å²) in [5.41, 5.74) is 6.27. The number of rotatable bonds is 6. The maximum absolute atomic E-state index is 12.6. The number of halogens is 3. The third-order valence-electron chi connectivity index (χ3n) is 3.90. The van der Waals surface area contributed by atoms with Gasteiger partial charge in [-0.2, -0.15) is 13.2 Å². The van der Waals surface area contributed by atoms with E-state index in [1.165, 1.54) is 23.5 Å². The molecule has 1 atom stereocenters. The van der Waals surface area contributed by atoms with Gasteiger partial charge < -0.3 is 21.1 Å². The van der Waals surface area contributed by atoms with Crippen LogP contribution >= 0.6 is 11.3 Å². The monoisotopic (exact) mass is 411 g/mol. The number of carbonyl (C=O) groups is 1. The molecule has 7 nitrogen and oxygen atoms in total. The Bertz CT molecular complexity index is 952. The second-order valence-electron chi connectivity index (χ2n) is 5.80. The number of aromatic amines is 1. The fourth-order valence-corrected chi connectivity index (χ4v) is 3.15. The predicted molar refractivity (Wildman–Crippen MR) is 96.3 cm³/mol. The lowest BCUT2D eigenvalue weighted by molar-refractivity contribution is -0.137. The lowest BCUT2D eigenvalue weighted by Crippen LogP contribution is -2.33. The van der Waals surface area contributed by atoms with E-state index in [1.54, 1.807) is 11.4 Å². The third kappa shape index (κ3) is 4.38. The number of nitrogens with two attached hydrogens (primary N) is 1. The van der Waals surface area contributed by atoms with Crippen molar-refractivity contribution in [3.8, 4) is 11.4 Å². The highest BCUT2D eigenvalue weighted by molar-refractivity contribution is 7.09. The van der Waals surface area contributed by atoms with Gasteiger partial charge in [0.15, 0.2) is 0 Å². The van der Waals surface area contributed by atoms with E-state index in [4.69, 9.17) is 10.8 Å². The largest absolute Gasteiger partial charge is 0.417 e. The summed E-state index contributed by atoms with van der Waals surface area (Å²) < 4.78 is 37.9. The van der Waals surface area contributed by atoms with Gasteiger partial charge in [-0.25, -0.2) is 4.98 Å². The molecule has 148 valence electrons. The standard InChI is InChI=1S/C17H16F3N5O2S/c18-17(19,20)9-1-2-10(22-6-9)11-3-4-12(23-11)16(27)25-13(5-21)14-8-28-15(7-26)24-14/h1-4,6,8,13,23,26H,5,7,21H2,(H,25,27)/t13-/m0/s1. The van der Waals surface area contributed by atoms with Crippen LogP contribution in [0.15, 0.2) is 35.8 Å². The first-order valence-corrected chi connectivity index (χ1v) is 8.98. The second kappa shape index (κ2) is 8.09. The minimum Gasteiger partial charge on any atom is -0.389 e. The Kier molecular flexibility index (Phi) is 5.77. The average Bonchev–Trinajstić information content (AvgIpc) is 3.35. The van der Waals surface area contributed by atoms with Gasteiger partial charge in [0.05, 0.1) is 35.3 Å². The number of aliphatic hydroxyl groups is 1. The Hall–Kier alpha value is -2.76. The van der Waals surface area contributed by atoms with Crippen molar-refractivity contribution >= 4 is 17.2 Å². The lowest BCUT2D eigenvalue weighted by atomic mass is 10.2. The summed E-state index contributed by atoms with van der Waals surface area (Å²) in [6.45, 7) is -0.0929. The number of carbonyl (C=O) groups excluding carboxylic acids is 1. The number of hydrogen-bond donors (Lipinski definition) is 4. The average molecular weight is 411 g/mol. The Morgan fingerprint density at radius 2 is 2.11 bits per heavy atom. The van der Waals surface area contributed by atoms with Crippen LogP contribution in [-0.4, -0.2) is 32.5 Å². The summed E-state index contributed by atoms with van der Waals surface area (Å²) in [6, 6.07) is 4.66. The van der Waals surface area contributed by atoms with E-state index < -0.39 is 23.7 Å². The van der Waals surface area contributed by atoms with E-state index in [1.807, 2.05) is 0 Å². The van der Waals surface area contributed by atoms with Crippen LogP contribution in [0.1, 0.15) is 32.8 Å². The van der Waals surface area contributed by atoms with Crippen LogP contribution in [0.3, 0.4) is 0 Å². The van der Waals surface area contributed by atoms with Crippen molar-refractivity contribution in [3.05, 3.63) is 57.8 Å². The van der Waals surface area contributed by atoms with E-state index in [0.29, 0.717) is 16.4 Å². The highest BCUT2D eigenvalue weighted by atomic mass is 32.1. The maximum Gasteiger partial charge on any atom is 0.417 e. The smallest absolute Gasteiger partial charge is 0.389 e. The van der Waals surface area contributed by atoms with Crippen LogP contribution in [0.25, 0.3) is 11.4 Å². The number of aliphatic hydroxyl groups excluding tert-OH is 1. The van der Waals surface area contributed by atoms with Gasteiger partial charge in [-0.1, -0.05) is 0 Å². The van der Waals surface area contributed by atoms with Gasteiger partial charge in [-0.3, -0.25) is 9.78 Å². The van der Waals surface area contributed by atoms with Gasteiger partial charge in [0.1, 0.15) is 10.7 Å². The zero-order valence-corrected chi connectivity index (χ0v) is 15.1. The van der Waals surface area contributed by atoms with Gasteiger partial charge in [-0.15, -0.1) is 11.3 Å². The summed E-state index contributed by atoms with van der Waals surface area (Å²) in [7, 11) is 0. The molecule has 3 aromatic rings. The van der Waals surface area contributed by atoms with Crippen molar-refractivity contribution in [1.82, 2.24) is 20.3 Å². The first-order valence-electron chi connectivity index (χ1n) is 8.10. The van der Waals surface area contributed by atoms with E-state index in [2.05, 4.69) is 20.3 Å². The Morgan fingerprint density at radius 1 is 1.32 bits per heavy atom. The molecule has 0 spiro atoms. The molecule has 1 amide bonds. The number of thiazole rings is 1. The number of alkyl halides is 3. The van der Waals surface area contributed by atoms with Crippen LogP contribution in [0.5, 0.6) is 0 Å². The van der Waals surface area contributed by atoms with E-state index in [0.717, 1.165) is 12.3 Å². The molecule has 0 aliphatic rings. The summed E-state index contributed by atoms with van der Waals surface area (Å²) in [5.74, 6) is -0.452. The van der Waals surface area contributed by atoms with Crippen LogP contribution in [-0.2, 0) is 12.8 Å². The highest BCUT2D eigenvalue weighted by Crippen LogP contribution is 2.29. The van der Waals surface area contributed by atoms with Gasteiger partial charge in [-0.05, 0) is 24.3 Å². The number of hydrogen-bond acceptors (Lipinski definition) is 6. The highest BCUT2D eigenvalue weighted by Gasteiger charge is 2.30. The summed E-state index contributed by atoms with van der Waals surface area (Å²) in [4.78, 5) is 23.3. The molecule has 0 aliphatic heterocycles. The SMILES string of the molecule is NC[C@H](NC(=O)c1ccc(-c2ccc(C(F)(F)F)cn2)[nH]1)c1csc(CO)n1. The Labute approximate surface area is 161 Å². The molecule has 11 heteroatoms. The molecule has 0 radical (unpaired) electrons. The van der Waals surface area contributed by atoms with Crippen molar-refractivity contribution in [2.45, 2.75) is 18.8 Å². The fraction of sp³-hybridized carbons (Fsp3) is 0.235. The summed E-state index contributed by atoms with van der Waals surface area (Å²) in [6.07, 6.45) is -3.73. The van der Waals surface area contributed by atoms with Gasteiger partial charge >= 0.3 is 6.18 Å². The molecule has 3 rings (SSSR count). The quantitative estimate of drug-likeness (QED) is 0.497. The first kappa shape index (κ1) is 20.0. The summed E-state index contributed by atoms with van der Waals surface area (Å²) in [5, 5.41) is 14.0. The molecule has 0 saturated carbocycles. The summed E-state index contributed by atoms with van der Waals surface area (Å²) >= 11 is 1.26. The Balaban J connectivity index is 1.72. The van der Waals surface area contributed by atoms with Crippen molar-refractivity contribution in [2.24, 2.45) is 5.73 Å². The molecule has 5 N–H and O–H groups in total. The van der Waals surface area contributed by atoms with Crippen molar-refractivity contribution < 1.29 is 23.1 Å². The van der Waals surface area contributed by atoms with Crippen LogP contribution < -0.4 is 11.1 Å². The zero-order valence-electron chi connectivity index (χ0n) is 14.3. The van der Waals surface area contributed by atoms with Crippen LogP contribution in [0, 0.1) is 0 Å². The van der Waals surface area contributed by atoms with Crippen molar-refractivity contribution in [2.75, 3.05) is 6.54 Å². The third-order valence-corrected chi connectivity index (χ3v) is 4.75. The normalized spacial score (nSPS) is 12.8. The lowest BCUT2D eigenvalue weighted by Gasteiger charge is -2.14. The number of nitrogens with one attached hydrogen (secondary N) is 2. The molecule has 0 aromatic carbocycles. The molecule has 0 unspecified atom stereocenters. The molecule has 3 heterocycles. The van der Waals surface area contributed by atoms with Crippen LogP contribution in [0.2, 0.25) is 0 Å². The Morgan fingerprint density at radius 3 is 2.68 bits per heavy atom. The predicted octanol–water partition coefficient (Wildman–Crippen LogP) is 2.47. The van der Waals surface area contributed by atoms with Crippen molar-refractivity contribution in [3.63, 3.8) is 0 Å². The molecule has 0 bridgehead atoms. The van der Waals surface area contributed by atoms with Gasteiger partial charge in [0.25, 0.3) is 5.91 Å². The zero-order chi connectivity index (χ0) is 20.3. The number of nitrogens with zero attached hydrogens (tertiary/aromatic N) is 2.